The number of benzene rings is 2. The van der Waals surface area contributed by atoms with E-state index in [0.29, 0.717) is 11.5 Å². The van der Waals surface area contributed by atoms with Gasteiger partial charge in [0.1, 0.15) is 11.6 Å². The number of nitrogens with one attached hydrogen (secondary N) is 2. The highest BCUT2D eigenvalue weighted by molar-refractivity contribution is 5.97. The van der Waals surface area contributed by atoms with Gasteiger partial charge in [0.2, 0.25) is 0 Å². The molecule has 0 aliphatic heterocycles. The number of hydrogen-bond acceptors (Lipinski definition) is 5. The van der Waals surface area contributed by atoms with Crippen molar-refractivity contribution in [1.29, 1.82) is 5.26 Å². The van der Waals surface area contributed by atoms with Gasteiger partial charge in [-0.05, 0) is 56.5 Å². The van der Waals surface area contributed by atoms with E-state index >= 15 is 0 Å². The fraction of sp³-hybridized carbons (Fsp3) is 0.304. The second kappa shape index (κ2) is 9.65. The molecule has 1 unspecified atom stereocenters. The number of carbonyl (C=O) groups is 1. The zero-order valence-corrected chi connectivity index (χ0v) is 17.7. The van der Waals surface area contributed by atoms with Crippen molar-refractivity contribution >= 4 is 11.6 Å². The molecule has 0 aromatic heterocycles. The molecule has 0 saturated carbocycles. The van der Waals surface area contributed by atoms with Crippen LogP contribution in [0.3, 0.4) is 0 Å². The molecule has 0 aliphatic rings. The van der Waals surface area contributed by atoms with Crippen molar-refractivity contribution in [2.75, 3.05) is 19.5 Å². The highest BCUT2D eigenvalue weighted by Gasteiger charge is 2.16. The number of nitrogens with zero attached hydrogens (tertiary/aromatic N) is 1. The number of nitriles is 1. The van der Waals surface area contributed by atoms with E-state index in [0.717, 1.165) is 27.9 Å². The van der Waals surface area contributed by atoms with Gasteiger partial charge in [-0.2, -0.15) is 5.26 Å². The second-order valence-electron chi connectivity index (χ2n) is 6.90. The Balaban J connectivity index is 2.16. The van der Waals surface area contributed by atoms with E-state index in [4.69, 9.17) is 9.47 Å². The van der Waals surface area contributed by atoms with Crippen molar-refractivity contribution < 1.29 is 14.3 Å². The van der Waals surface area contributed by atoms with Crippen LogP contribution in [0.4, 0.5) is 5.69 Å². The molecule has 29 heavy (non-hydrogen) atoms. The Bertz CT molecular complexity index is 951. The minimum absolute atomic E-state index is 0.00305. The molecule has 1 atom stereocenters. The summed E-state index contributed by atoms with van der Waals surface area (Å²) in [7, 11) is 3.12. The summed E-state index contributed by atoms with van der Waals surface area (Å²) in [6.07, 6.45) is 1.45. The zero-order chi connectivity index (χ0) is 21.6. The highest BCUT2D eigenvalue weighted by atomic mass is 16.5. The number of rotatable bonds is 7. The van der Waals surface area contributed by atoms with Crippen LogP contribution >= 0.6 is 0 Å². The smallest absolute Gasteiger partial charge is 0.263 e. The van der Waals surface area contributed by atoms with E-state index in [1.165, 1.54) is 6.20 Å². The molecular formula is C23H27N3O3. The van der Waals surface area contributed by atoms with Gasteiger partial charge in [-0.3, -0.25) is 4.79 Å². The Labute approximate surface area is 172 Å². The molecule has 2 aromatic rings. The van der Waals surface area contributed by atoms with Crippen molar-refractivity contribution in [1.82, 2.24) is 5.32 Å². The largest absolute Gasteiger partial charge is 0.493 e. The summed E-state index contributed by atoms with van der Waals surface area (Å²) in [6, 6.07) is 11.2. The average molecular weight is 393 g/mol. The fourth-order valence-corrected chi connectivity index (χ4v) is 3.18. The maximum Gasteiger partial charge on any atom is 0.263 e. The van der Waals surface area contributed by atoms with Crippen LogP contribution < -0.4 is 20.1 Å². The standard InChI is InChI=1S/C23H27N3O3/c1-14-9-15(2)22(16(3)10-14)25-13-19(12-24)23(27)26-17(4)18-7-8-20(28-5)21(11-18)29-6/h7-11,13,17,25H,1-6H3,(H,26,27)/b19-13-. The minimum atomic E-state index is -0.454. The molecule has 2 aromatic carbocycles. The van der Waals surface area contributed by atoms with Crippen LogP contribution in [0.2, 0.25) is 0 Å². The van der Waals surface area contributed by atoms with E-state index in [-0.39, 0.29) is 11.6 Å². The number of methoxy groups -OCH3 is 2. The summed E-state index contributed by atoms with van der Waals surface area (Å²) in [5.74, 6) is 0.735. The molecule has 1 amide bonds. The van der Waals surface area contributed by atoms with Gasteiger partial charge in [-0.25, -0.2) is 0 Å². The Morgan fingerprint density at radius 3 is 2.24 bits per heavy atom. The van der Waals surface area contributed by atoms with Gasteiger partial charge in [-0.15, -0.1) is 0 Å². The lowest BCUT2D eigenvalue weighted by Crippen LogP contribution is -2.28. The first kappa shape index (κ1) is 21.8. The Morgan fingerprint density at radius 1 is 1.07 bits per heavy atom. The molecule has 6 heteroatoms. The van der Waals surface area contributed by atoms with Gasteiger partial charge in [0.05, 0.1) is 20.3 Å². The summed E-state index contributed by atoms with van der Waals surface area (Å²) in [6.45, 7) is 7.85. The van der Waals surface area contributed by atoms with Gasteiger partial charge < -0.3 is 20.1 Å². The van der Waals surface area contributed by atoms with Crippen LogP contribution in [0.1, 0.15) is 35.2 Å². The molecule has 0 radical (unpaired) electrons. The summed E-state index contributed by atoms with van der Waals surface area (Å²) < 4.78 is 10.5. The highest BCUT2D eigenvalue weighted by Crippen LogP contribution is 2.30. The maximum absolute atomic E-state index is 12.6. The number of anilines is 1. The molecule has 0 aliphatic carbocycles. The lowest BCUT2D eigenvalue weighted by molar-refractivity contribution is -0.117. The Hall–Kier alpha value is -3.46. The minimum Gasteiger partial charge on any atom is -0.493 e. The summed E-state index contributed by atoms with van der Waals surface area (Å²) in [5, 5.41) is 15.4. The lowest BCUT2D eigenvalue weighted by atomic mass is 10.1. The first-order valence-electron chi connectivity index (χ1n) is 9.28. The molecule has 0 saturated heterocycles. The van der Waals surface area contributed by atoms with Crippen LogP contribution in [0.5, 0.6) is 11.5 Å². The zero-order valence-electron chi connectivity index (χ0n) is 17.7. The van der Waals surface area contributed by atoms with Gasteiger partial charge in [0.15, 0.2) is 11.5 Å². The average Bonchev–Trinajstić information content (AvgIpc) is 2.69. The van der Waals surface area contributed by atoms with Gasteiger partial charge in [0, 0.05) is 11.9 Å². The number of aryl methyl sites for hydroxylation is 3. The first-order chi connectivity index (χ1) is 13.8. The van der Waals surface area contributed by atoms with E-state index in [2.05, 4.69) is 22.8 Å². The fourth-order valence-electron chi connectivity index (χ4n) is 3.18. The van der Waals surface area contributed by atoms with Crippen molar-refractivity contribution in [3.05, 3.63) is 64.4 Å². The van der Waals surface area contributed by atoms with Crippen molar-refractivity contribution in [3.8, 4) is 17.6 Å². The number of hydrogen-bond donors (Lipinski definition) is 2. The van der Waals surface area contributed by atoms with Crippen LogP contribution in [-0.4, -0.2) is 20.1 Å². The lowest BCUT2D eigenvalue weighted by Gasteiger charge is -2.16. The number of ether oxygens (including phenoxy) is 2. The number of amides is 1. The van der Waals surface area contributed by atoms with E-state index in [9.17, 15) is 10.1 Å². The molecule has 6 nitrogen and oxygen atoms in total. The normalized spacial score (nSPS) is 12.0. The maximum atomic E-state index is 12.6. The SMILES string of the molecule is COc1ccc(C(C)NC(=O)/C(C#N)=C\Nc2c(C)cc(C)cc2C)cc1OC. The Morgan fingerprint density at radius 2 is 1.69 bits per heavy atom. The molecule has 0 bridgehead atoms. The third-order valence-electron chi connectivity index (χ3n) is 4.66. The van der Waals surface area contributed by atoms with Crippen LogP contribution in [0.15, 0.2) is 42.1 Å². The van der Waals surface area contributed by atoms with Crippen LogP contribution in [-0.2, 0) is 4.79 Å². The van der Waals surface area contributed by atoms with E-state index in [1.54, 1.807) is 26.4 Å². The second-order valence-corrected chi connectivity index (χ2v) is 6.90. The predicted molar refractivity (Wildman–Crippen MR) is 114 cm³/mol. The summed E-state index contributed by atoms with van der Waals surface area (Å²) in [4.78, 5) is 12.6. The van der Waals surface area contributed by atoms with Gasteiger partial charge in [0.25, 0.3) is 5.91 Å². The topological polar surface area (TPSA) is 83.4 Å². The third kappa shape index (κ3) is 5.29. The first-order valence-corrected chi connectivity index (χ1v) is 9.28. The monoisotopic (exact) mass is 393 g/mol. The molecule has 0 spiro atoms. The quantitative estimate of drug-likeness (QED) is 0.540. The Kier molecular flexibility index (Phi) is 7.27. The molecular weight excluding hydrogens is 366 g/mol. The van der Waals surface area contributed by atoms with Gasteiger partial charge >= 0.3 is 0 Å². The van der Waals surface area contributed by atoms with E-state index in [1.807, 2.05) is 39.8 Å². The van der Waals surface area contributed by atoms with Crippen molar-refractivity contribution in [3.63, 3.8) is 0 Å². The van der Waals surface area contributed by atoms with Gasteiger partial charge in [-0.1, -0.05) is 23.8 Å². The molecule has 2 N–H and O–H groups in total. The van der Waals surface area contributed by atoms with Crippen molar-refractivity contribution in [2.45, 2.75) is 33.7 Å². The predicted octanol–water partition coefficient (Wildman–Crippen LogP) is 4.33. The third-order valence-corrected chi connectivity index (χ3v) is 4.66. The number of carbonyl (C=O) groups excluding carboxylic acids is 1. The molecule has 2 rings (SSSR count). The van der Waals surface area contributed by atoms with Crippen molar-refractivity contribution in [2.24, 2.45) is 0 Å². The molecule has 0 heterocycles. The summed E-state index contributed by atoms with van der Waals surface area (Å²) >= 11 is 0. The molecule has 0 fully saturated rings. The molecule has 152 valence electrons. The summed E-state index contributed by atoms with van der Waals surface area (Å²) in [5.41, 5.74) is 4.99. The van der Waals surface area contributed by atoms with Crippen LogP contribution in [0, 0.1) is 32.1 Å². The van der Waals surface area contributed by atoms with Crippen LogP contribution in [0.25, 0.3) is 0 Å². The van der Waals surface area contributed by atoms with E-state index < -0.39 is 5.91 Å².